The molecule has 0 aliphatic heterocycles. The molecule has 1 aromatic carbocycles. The molecular weight excluding hydrogens is 314 g/mol. The minimum Gasteiger partial charge on any atom is -0.480 e. The highest BCUT2D eigenvalue weighted by atomic mass is 32.1. The average Bonchev–Trinajstić information content (AvgIpc) is 2.46. The Morgan fingerprint density at radius 2 is 1.87 bits per heavy atom. The van der Waals surface area contributed by atoms with E-state index >= 15 is 0 Å². The van der Waals surface area contributed by atoms with E-state index in [4.69, 9.17) is 9.84 Å². The van der Waals surface area contributed by atoms with Crippen molar-refractivity contribution in [2.75, 3.05) is 12.3 Å². The number of carboxylic acids is 1. The van der Waals surface area contributed by atoms with Gasteiger partial charge in [0.2, 0.25) is 0 Å². The fraction of sp³-hybridized carbons (Fsp3) is 0.529. The lowest BCUT2D eigenvalue weighted by Gasteiger charge is -2.24. The van der Waals surface area contributed by atoms with Gasteiger partial charge in [-0.15, -0.1) is 0 Å². The summed E-state index contributed by atoms with van der Waals surface area (Å²) in [6, 6.07) is 8.65. The summed E-state index contributed by atoms with van der Waals surface area (Å²) in [5.74, 6) is -1.49. The zero-order valence-corrected chi connectivity index (χ0v) is 14.7. The Balaban J connectivity index is 2.77. The summed E-state index contributed by atoms with van der Waals surface area (Å²) in [5, 5.41) is 11.9. The summed E-state index contributed by atoms with van der Waals surface area (Å²) in [6.07, 6.45) is 0.455. The Bertz CT molecular complexity index is 513. The molecule has 0 heterocycles. The van der Waals surface area contributed by atoms with Crippen LogP contribution in [-0.4, -0.2) is 41.0 Å². The van der Waals surface area contributed by atoms with Gasteiger partial charge in [-0.3, -0.25) is 9.59 Å². The van der Waals surface area contributed by atoms with E-state index in [1.54, 1.807) is 0 Å². The van der Waals surface area contributed by atoms with Gasteiger partial charge < -0.3 is 15.2 Å². The first-order valence-corrected chi connectivity index (χ1v) is 8.22. The lowest BCUT2D eigenvalue weighted by molar-refractivity contribution is -0.156. The molecule has 6 heteroatoms. The Kier molecular flexibility index (Phi) is 7.58. The number of thiol groups is 1. The van der Waals surface area contributed by atoms with E-state index in [0.29, 0.717) is 13.0 Å². The van der Waals surface area contributed by atoms with E-state index in [1.165, 1.54) is 0 Å². The largest absolute Gasteiger partial charge is 0.480 e. The molecule has 0 amide bonds. The molecule has 2 atom stereocenters. The summed E-state index contributed by atoms with van der Waals surface area (Å²) < 4.78 is 5.49. The van der Waals surface area contributed by atoms with Crippen LogP contribution in [0, 0.1) is 0 Å². The van der Waals surface area contributed by atoms with Crippen LogP contribution in [0.4, 0.5) is 0 Å². The van der Waals surface area contributed by atoms with Crippen molar-refractivity contribution < 1.29 is 19.4 Å². The van der Waals surface area contributed by atoms with Crippen molar-refractivity contribution in [2.45, 2.75) is 44.8 Å². The molecule has 0 spiro atoms. The Morgan fingerprint density at radius 1 is 1.26 bits per heavy atom. The maximum atomic E-state index is 12.5. The van der Waals surface area contributed by atoms with Crippen LogP contribution >= 0.6 is 12.6 Å². The molecule has 0 saturated heterocycles. The molecule has 0 aliphatic carbocycles. The Hall–Kier alpha value is -1.53. The van der Waals surface area contributed by atoms with Crippen LogP contribution in [0.15, 0.2) is 30.3 Å². The third-order valence-corrected chi connectivity index (χ3v) is 3.56. The van der Waals surface area contributed by atoms with Gasteiger partial charge in [-0.2, -0.15) is 12.6 Å². The molecule has 0 aromatic heterocycles. The molecule has 1 aromatic rings. The fourth-order valence-electron chi connectivity index (χ4n) is 2.11. The number of carbonyl (C=O) groups is 2. The number of hydrogen-bond donors (Lipinski definition) is 3. The summed E-state index contributed by atoms with van der Waals surface area (Å²) >= 11 is 4.01. The van der Waals surface area contributed by atoms with E-state index in [2.05, 4.69) is 17.9 Å². The zero-order chi connectivity index (χ0) is 17.5. The standard InChI is InChI=1S/C17H25NO4S/c1-17(2,3)22-16(21)13(12-7-5-4-6-8-12)9-10-18-14(11-23)15(19)20/h4-8,13-14,18,23H,9-11H2,1-3H3,(H,19,20)/t13-,14-/m0/s1. The first-order chi connectivity index (χ1) is 10.7. The zero-order valence-electron chi connectivity index (χ0n) is 13.8. The summed E-state index contributed by atoms with van der Waals surface area (Å²) in [6.45, 7) is 5.86. The van der Waals surface area contributed by atoms with Gasteiger partial charge in [-0.25, -0.2) is 0 Å². The molecule has 0 unspecified atom stereocenters. The lowest BCUT2D eigenvalue weighted by atomic mass is 9.95. The number of esters is 1. The normalized spacial score (nSPS) is 14.1. The van der Waals surface area contributed by atoms with Crippen LogP contribution in [0.5, 0.6) is 0 Å². The highest BCUT2D eigenvalue weighted by molar-refractivity contribution is 7.80. The topological polar surface area (TPSA) is 75.6 Å². The van der Waals surface area contributed by atoms with E-state index in [0.717, 1.165) is 5.56 Å². The second-order valence-electron chi connectivity index (χ2n) is 6.31. The maximum absolute atomic E-state index is 12.5. The van der Waals surface area contributed by atoms with Gasteiger partial charge in [0.05, 0.1) is 5.92 Å². The summed E-state index contributed by atoms with van der Waals surface area (Å²) in [4.78, 5) is 23.5. The molecule has 0 bridgehead atoms. The quantitative estimate of drug-likeness (QED) is 0.501. The minimum absolute atomic E-state index is 0.192. The molecule has 1 rings (SSSR count). The number of carboxylic acid groups (broad SMARTS) is 1. The first kappa shape index (κ1) is 19.5. The molecule has 2 N–H and O–H groups in total. The van der Waals surface area contributed by atoms with Crippen LogP contribution in [0.2, 0.25) is 0 Å². The number of carbonyl (C=O) groups excluding carboxylic acids is 1. The molecule has 23 heavy (non-hydrogen) atoms. The van der Waals surface area contributed by atoms with Gasteiger partial charge in [0.25, 0.3) is 0 Å². The third kappa shape index (κ3) is 7.05. The maximum Gasteiger partial charge on any atom is 0.321 e. The predicted octanol–water partition coefficient (Wildman–Crippen LogP) is 2.47. The molecule has 0 aliphatic rings. The second kappa shape index (κ2) is 8.93. The monoisotopic (exact) mass is 339 g/mol. The van der Waals surface area contributed by atoms with Crippen molar-refractivity contribution in [2.24, 2.45) is 0 Å². The van der Waals surface area contributed by atoms with Crippen molar-refractivity contribution in [3.8, 4) is 0 Å². The third-order valence-electron chi connectivity index (χ3n) is 3.20. The summed E-state index contributed by atoms with van der Waals surface area (Å²) in [7, 11) is 0. The second-order valence-corrected chi connectivity index (χ2v) is 6.68. The SMILES string of the molecule is CC(C)(C)OC(=O)[C@@H](CCN[C@@H](CS)C(=O)O)c1ccccc1. The fourth-order valence-corrected chi connectivity index (χ4v) is 2.40. The van der Waals surface area contributed by atoms with E-state index in [-0.39, 0.29) is 11.7 Å². The lowest BCUT2D eigenvalue weighted by Crippen LogP contribution is -2.39. The Labute approximate surface area is 142 Å². The molecule has 128 valence electrons. The van der Waals surface area contributed by atoms with Crippen molar-refractivity contribution in [1.82, 2.24) is 5.32 Å². The molecule has 5 nitrogen and oxygen atoms in total. The molecule has 0 saturated carbocycles. The van der Waals surface area contributed by atoms with Gasteiger partial charge in [0, 0.05) is 5.75 Å². The first-order valence-electron chi connectivity index (χ1n) is 7.59. The van der Waals surface area contributed by atoms with Gasteiger partial charge in [0.15, 0.2) is 0 Å². The van der Waals surface area contributed by atoms with Gasteiger partial charge in [-0.1, -0.05) is 30.3 Å². The molecule has 0 fully saturated rings. The average molecular weight is 339 g/mol. The highest BCUT2D eigenvalue weighted by Gasteiger charge is 2.26. The van der Waals surface area contributed by atoms with Crippen LogP contribution in [0.1, 0.15) is 38.7 Å². The predicted molar refractivity (Wildman–Crippen MR) is 92.9 cm³/mol. The summed E-state index contributed by atoms with van der Waals surface area (Å²) in [5.41, 5.74) is 0.299. The van der Waals surface area contributed by atoms with Crippen LogP contribution in [0.25, 0.3) is 0 Å². The van der Waals surface area contributed by atoms with Gasteiger partial charge >= 0.3 is 11.9 Å². The number of nitrogens with one attached hydrogen (secondary N) is 1. The van der Waals surface area contributed by atoms with Crippen molar-refractivity contribution in [3.05, 3.63) is 35.9 Å². The number of hydrogen-bond acceptors (Lipinski definition) is 5. The van der Waals surface area contributed by atoms with E-state index < -0.39 is 23.5 Å². The van der Waals surface area contributed by atoms with E-state index in [1.807, 2.05) is 51.1 Å². The van der Waals surface area contributed by atoms with Gasteiger partial charge in [-0.05, 0) is 39.3 Å². The number of aliphatic carboxylic acids is 1. The minimum atomic E-state index is -0.950. The smallest absolute Gasteiger partial charge is 0.321 e. The van der Waals surface area contributed by atoms with Crippen LogP contribution in [0.3, 0.4) is 0 Å². The van der Waals surface area contributed by atoms with Crippen LogP contribution in [-0.2, 0) is 14.3 Å². The van der Waals surface area contributed by atoms with Crippen LogP contribution < -0.4 is 5.32 Å². The number of rotatable bonds is 8. The molecular formula is C17H25NO4S. The molecule has 0 radical (unpaired) electrons. The number of benzene rings is 1. The van der Waals surface area contributed by atoms with E-state index in [9.17, 15) is 9.59 Å². The Morgan fingerprint density at radius 3 is 2.35 bits per heavy atom. The number of ether oxygens (including phenoxy) is 1. The van der Waals surface area contributed by atoms with Crippen molar-refractivity contribution in [3.63, 3.8) is 0 Å². The van der Waals surface area contributed by atoms with Gasteiger partial charge in [0.1, 0.15) is 11.6 Å². The highest BCUT2D eigenvalue weighted by Crippen LogP contribution is 2.23. The van der Waals surface area contributed by atoms with Crippen molar-refractivity contribution >= 4 is 24.6 Å². The van der Waals surface area contributed by atoms with Crippen molar-refractivity contribution in [1.29, 1.82) is 0 Å².